The topological polar surface area (TPSA) is 77.8 Å². The molecule has 13 heavy (non-hydrogen) atoms. The number of nitrogens with zero attached hydrogens (tertiary/aromatic N) is 1. The highest BCUT2D eigenvalue weighted by Gasteiger charge is 2.20. The molecule has 0 heterocycles. The maximum atomic E-state index is 10.3. The quantitative estimate of drug-likeness (QED) is 0.466. The standard InChI is InChI=1S/C8H17NO4/c1-9(2,5-6-10)4-3-7(11)8(12)13/h7,10-11H,3-6H2,1-2H3/p+1. The van der Waals surface area contributed by atoms with Crippen molar-refractivity contribution >= 4 is 5.97 Å². The molecule has 0 radical (unpaired) electrons. The van der Waals surface area contributed by atoms with E-state index in [9.17, 15) is 4.79 Å². The molecule has 5 nitrogen and oxygen atoms in total. The molecule has 0 aromatic rings. The van der Waals surface area contributed by atoms with Crippen LogP contribution >= 0.6 is 0 Å². The van der Waals surface area contributed by atoms with Crippen LogP contribution in [0.2, 0.25) is 0 Å². The van der Waals surface area contributed by atoms with Crippen LogP contribution in [0.5, 0.6) is 0 Å². The van der Waals surface area contributed by atoms with Crippen molar-refractivity contribution in [1.29, 1.82) is 0 Å². The highest BCUT2D eigenvalue weighted by atomic mass is 16.4. The van der Waals surface area contributed by atoms with E-state index in [0.29, 0.717) is 17.6 Å². The third kappa shape index (κ3) is 5.57. The van der Waals surface area contributed by atoms with Crippen molar-refractivity contribution in [2.75, 3.05) is 33.8 Å². The highest BCUT2D eigenvalue weighted by molar-refractivity contribution is 5.71. The van der Waals surface area contributed by atoms with Crippen LogP contribution in [0.3, 0.4) is 0 Å². The maximum absolute atomic E-state index is 10.3. The molecule has 0 aromatic heterocycles. The summed E-state index contributed by atoms with van der Waals surface area (Å²) in [4.78, 5) is 10.3. The van der Waals surface area contributed by atoms with E-state index in [1.807, 2.05) is 14.1 Å². The third-order valence-electron chi connectivity index (χ3n) is 2.00. The number of rotatable bonds is 6. The van der Waals surface area contributed by atoms with Gasteiger partial charge in [0.05, 0.1) is 27.2 Å². The lowest BCUT2D eigenvalue weighted by Crippen LogP contribution is -2.44. The van der Waals surface area contributed by atoms with Gasteiger partial charge in [0.2, 0.25) is 0 Å². The first-order valence-electron chi connectivity index (χ1n) is 4.23. The van der Waals surface area contributed by atoms with Gasteiger partial charge in [-0.15, -0.1) is 0 Å². The Morgan fingerprint density at radius 2 is 1.92 bits per heavy atom. The monoisotopic (exact) mass is 192 g/mol. The van der Waals surface area contributed by atoms with E-state index in [2.05, 4.69) is 0 Å². The zero-order chi connectivity index (χ0) is 10.5. The lowest BCUT2D eigenvalue weighted by atomic mass is 10.2. The molecule has 0 aromatic carbocycles. The zero-order valence-electron chi connectivity index (χ0n) is 8.10. The smallest absolute Gasteiger partial charge is 0.332 e. The maximum Gasteiger partial charge on any atom is 0.332 e. The Balaban J connectivity index is 3.80. The van der Waals surface area contributed by atoms with Gasteiger partial charge in [-0.2, -0.15) is 0 Å². The normalized spacial score (nSPS) is 14.2. The van der Waals surface area contributed by atoms with Crippen LogP contribution in [0, 0.1) is 0 Å². The summed E-state index contributed by atoms with van der Waals surface area (Å²) in [6, 6.07) is 0. The Labute approximate surface area is 77.8 Å². The summed E-state index contributed by atoms with van der Waals surface area (Å²) in [6.45, 7) is 1.16. The van der Waals surface area contributed by atoms with Crippen molar-refractivity contribution in [2.24, 2.45) is 0 Å². The molecule has 0 spiro atoms. The van der Waals surface area contributed by atoms with Gasteiger partial charge in [0.25, 0.3) is 0 Å². The Kier molecular flexibility index (Phi) is 4.90. The van der Waals surface area contributed by atoms with Crippen LogP contribution in [0.4, 0.5) is 0 Å². The van der Waals surface area contributed by atoms with Gasteiger partial charge in [-0.05, 0) is 0 Å². The van der Waals surface area contributed by atoms with Crippen molar-refractivity contribution < 1.29 is 24.6 Å². The van der Waals surface area contributed by atoms with Gasteiger partial charge in [-0.1, -0.05) is 0 Å². The first-order chi connectivity index (χ1) is 5.89. The first-order valence-corrected chi connectivity index (χ1v) is 4.23. The average molecular weight is 192 g/mol. The molecule has 78 valence electrons. The number of quaternary nitrogens is 1. The Bertz CT molecular complexity index is 170. The van der Waals surface area contributed by atoms with E-state index in [1.165, 1.54) is 0 Å². The number of aliphatic carboxylic acids is 1. The molecule has 0 aliphatic carbocycles. The van der Waals surface area contributed by atoms with Crippen LogP contribution in [-0.4, -0.2) is 65.7 Å². The second kappa shape index (κ2) is 5.16. The zero-order valence-corrected chi connectivity index (χ0v) is 8.10. The predicted octanol–water partition coefficient (Wildman–Crippen LogP) is -1.11. The number of aliphatic hydroxyl groups is 2. The summed E-state index contributed by atoms with van der Waals surface area (Å²) in [5, 5.41) is 26.1. The van der Waals surface area contributed by atoms with Gasteiger partial charge in [0.15, 0.2) is 6.10 Å². The van der Waals surface area contributed by atoms with E-state index in [0.717, 1.165) is 0 Å². The van der Waals surface area contributed by atoms with E-state index < -0.39 is 12.1 Å². The summed E-state index contributed by atoms with van der Waals surface area (Å²) in [6.07, 6.45) is -1.08. The molecule has 0 amide bonds. The SMILES string of the molecule is C[N+](C)(CCO)CCC(O)C(=O)O. The fraction of sp³-hybridized carbons (Fsp3) is 0.875. The lowest BCUT2D eigenvalue weighted by Gasteiger charge is -2.29. The van der Waals surface area contributed by atoms with Gasteiger partial charge >= 0.3 is 5.97 Å². The fourth-order valence-electron chi connectivity index (χ4n) is 0.978. The van der Waals surface area contributed by atoms with Crippen molar-refractivity contribution in [3.8, 4) is 0 Å². The summed E-state index contributed by atoms with van der Waals surface area (Å²) >= 11 is 0. The molecule has 0 bridgehead atoms. The van der Waals surface area contributed by atoms with E-state index in [1.54, 1.807) is 0 Å². The Morgan fingerprint density at radius 1 is 1.38 bits per heavy atom. The van der Waals surface area contributed by atoms with Gasteiger partial charge in [-0.25, -0.2) is 4.79 Å². The van der Waals surface area contributed by atoms with Gasteiger partial charge in [0, 0.05) is 6.42 Å². The average Bonchev–Trinajstić information content (AvgIpc) is 2.00. The molecule has 5 heteroatoms. The third-order valence-corrected chi connectivity index (χ3v) is 2.00. The molecule has 0 rings (SSSR count). The van der Waals surface area contributed by atoms with Crippen molar-refractivity contribution in [1.82, 2.24) is 0 Å². The number of hydrogen-bond acceptors (Lipinski definition) is 3. The van der Waals surface area contributed by atoms with Crippen molar-refractivity contribution in [3.63, 3.8) is 0 Å². The van der Waals surface area contributed by atoms with Crippen LogP contribution < -0.4 is 0 Å². The van der Waals surface area contributed by atoms with Crippen LogP contribution in [0.1, 0.15) is 6.42 Å². The largest absolute Gasteiger partial charge is 0.479 e. The van der Waals surface area contributed by atoms with E-state index in [-0.39, 0.29) is 13.0 Å². The molecule has 0 aliphatic heterocycles. The molecular formula is C8H18NO4+. The second-order valence-electron chi connectivity index (χ2n) is 3.75. The minimum atomic E-state index is -1.30. The van der Waals surface area contributed by atoms with Gasteiger partial charge in [-0.3, -0.25) is 0 Å². The number of hydrogen-bond donors (Lipinski definition) is 3. The van der Waals surface area contributed by atoms with Crippen molar-refractivity contribution in [2.45, 2.75) is 12.5 Å². The number of carboxylic acid groups (broad SMARTS) is 1. The fourth-order valence-corrected chi connectivity index (χ4v) is 0.978. The molecule has 1 unspecified atom stereocenters. The van der Waals surface area contributed by atoms with Gasteiger partial charge < -0.3 is 19.8 Å². The number of carbonyl (C=O) groups is 1. The molecular weight excluding hydrogens is 174 g/mol. The number of likely N-dealkylation sites (N-methyl/N-ethyl adjacent to an activating group) is 1. The molecule has 0 fully saturated rings. The summed E-state index contributed by atoms with van der Waals surface area (Å²) < 4.78 is 0.515. The van der Waals surface area contributed by atoms with Crippen LogP contribution in [0.25, 0.3) is 0 Å². The van der Waals surface area contributed by atoms with Crippen molar-refractivity contribution in [3.05, 3.63) is 0 Å². The minimum absolute atomic E-state index is 0.0656. The van der Waals surface area contributed by atoms with Gasteiger partial charge in [0.1, 0.15) is 6.54 Å². The van der Waals surface area contributed by atoms with Crippen LogP contribution in [0.15, 0.2) is 0 Å². The molecule has 0 saturated heterocycles. The number of carboxylic acids is 1. The summed E-state index contributed by atoms with van der Waals surface area (Å²) in [7, 11) is 3.76. The molecule has 0 saturated carbocycles. The first kappa shape index (κ1) is 12.3. The molecule has 1 atom stereocenters. The van der Waals surface area contributed by atoms with E-state index in [4.69, 9.17) is 15.3 Å². The minimum Gasteiger partial charge on any atom is -0.479 e. The van der Waals surface area contributed by atoms with Crippen LogP contribution in [-0.2, 0) is 4.79 Å². The Morgan fingerprint density at radius 3 is 2.31 bits per heavy atom. The molecule has 3 N–H and O–H groups in total. The molecule has 0 aliphatic rings. The highest BCUT2D eigenvalue weighted by Crippen LogP contribution is 2.01. The summed E-state index contributed by atoms with van der Waals surface area (Å²) in [5.74, 6) is -1.19. The number of aliphatic hydroxyl groups excluding tert-OH is 2. The lowest BCUT2D eigenvalue weighted by molar-refractivity contribution is -0.891. The second-order valence-corrected chi connectivity index (χ2v) is 3.75. The Hall–Kier alpha value is -0.650. The van der Waals surface area contributed by atoms with E-state index >= 15 is 0 Å². The predicted molar refractivity (Wildman–Crippen MR) is 47.2 cm³/mol. The summed E-state index contributed by atoms with van der Waals surface area (Å²) in [5.41, 5.74) is 0.